The number of nitrogens with zero attached hydrogens (tertiary/aromatic N) is 2. The first kappa shape index (κ1) is 29.6. The van der Waals surface area contributed by atoms with Crippen molar-refractivity contribution in [2.45, 2.75) is 70.1 Å². The maximum Gasteiger partial charge on any atom is 0.271 e. The van der Waals surface area contributed by atoms with Gasteiger partial charge in [-0.15, -0.1) is 0 Å². The van der Waals surface area contributed by atoms with Crippen molar-refractivity contribution in [2.24, 2.45) is 0 Å². The van der Waals surface area contributed by atoms with E-state index in [-0.39, 0.29) is 6.42 Å². The summed E-state index contributed by atoms with van der Waals surface area (Å²) in [6, 6.07) is 15.8. The molecule has 3 atom stereocenters. The third-order valence-electron chi connectivity index (χ3n) is 7.91. The molecule has 1 saturated heterocycles. The van der Waals surface area contributed by atoms with Gasteiger partial charge in [0.1, 0.15) is 29.9 Å². The lowest BCUT2D eigenvalue weighted by Crippen LogP contribution is -2.54. The van der Waals surface area contributed by atoms with Crippen LogP contribution in [0, 0.1) is 0 Å². The SMILES string of the molecule is CCCc1ncc(-c2ccc(-c3ccc(-c4cnc(C(NC(=O)C5(C)CCC(F)(F)CO5)C(C)OC)[nH]4)cc3)cc2)[nH]1. The van der Waals surface area contributed by atoms with Crippen LogP contribution in [0.25, 0.3) is 33.6 Å². The second-order valence-electron chi connectivity index (χ2n) is 11.1. The van der Waals surface area contributed by atoms with Crippen molar-refractivity contribution in [1.82, 2.24) is 25.3 Å². The zero-order valence-electron chi connectivity index (χ0n) is 24.3. The Labute approximate surface area is 244 Å². The lowest BCUT2D eigenvalue weighted by molar-refractivity contribution is -0.190. The molecule has 2 aromatic carbocycles. The summed E-state index contributed by atoms with van der Waals surface area (Å²) in [4.78, 5) is 28.8. The molecule has 1 aliphatic heterocycles. The first-order valence-corrected chi connectivity index (χ1v) is 14.3. The normalized spacial score (nSPS) is 19.8. The van der Waals surface area contributed by atoms with Crippen molar-refractivity contribution in [3.05, 3.63) is 72.6 Å². The van der Waals surface area contributed by atoms with E-state index < -0.39 is 42.6 Å². The molecular weight excluding hydrogens is 540 g/mol. The molecule has 3 heterocycles. The van der Waals surface area contributed by atoms with Crippen LogP contribution in [0.4, 0.5) is 8.78 Å². The van der Waals surface area contributed by atoms with Crippen LogP contribution in [-0.2, 0) is 20.7 Å². The van der Waals surface area contributed by atoms with E-state index in [0.29, 0.717) is 5.82 Å². The molecule has 0 aliphatic carbocycles. The average Bonchev–Trinajstić information content (AvgIpc) is 3.68. The highest BCUT2D eigenvalue weighted by Crippen LogP contribution is 2.35. The lowest BCUT2D eigenvalue weighted by atomic mass is 9.93. The number of alkyl halides is 2. The van der Waals surface area contributed by atoms with Gasteiger partial charge >= 0.3 is 0 Å². The molecule has 0 spiro atoms. The van der Waals surface area contributed by atoms with Crippen LogP contribution >= 0.6 is 0 Å². The molecule has 10 heteroatoms. The van der Waals surface area contributed by atoms with E-state index in [1.807, 2.05) is 25.3 Å². The molecule has 3 N–H and O–H groups in total. The van der Waals surface area contributed by atoms with Gasteiger partial charge in [-0.3, -0.25) is 4.79 Å². The Morgan fingerprint density at radius 1 is 0.976 bits per heavy atom. The Morgan fingerprint density at radius 3 is 2.10 bits per heavy atom. The molecule has 42 heavy (non-hydrogen) atoms. The Balaban J connectivity index is 1.28. The standard InChI is InChI=1S/C32H37F2N5O3/c1-5-6-27-35-17-25(37-27)23-11-7-21(8-12-23)22-9-13-24(14-10-22)26-18-36-29(38-26)28(20(2)41-4)39-30(40)31(3)15-16-32(33,34)19-42-31/h7-14,17-18,20,28H,5-6,15-16,19H2,1-4H3,(H,35,37)(H,36,38)(H,39,40). The van der Waals surface area contributed by atoms with Gasteiger partial charge in [-0.25, -0.2) is 18.7 Å². The number of carbonyl (C=O) groups excluding carboxylic acids is 1. The zero-order chi connectivity index (χ0) is 29.9. The van der Waals surface area contributed by atoms with Crippen molar-refractivity contribution >= 4 is 5.91 Å². The fraction of sp³-hybridized carbons (Fsp3) is 0.406. The van der Waals surface area contributed by atoms with Crippen LogP contribution in [-0.4, -0.2) is 57.2 Å². The third-order valence-corrected chi connectivity index (χ3v) is 7.91. The van der Waals surface area contributed by atoms with E-state index in [4.69, 9.17) is 9.47 Å². The monoisotopic (exact) mass is 577 g/mol. The van der Waals surface area contributed by atoms with Gasteiger partial charge in [-0.2, -0.15) is 0 Å². The van der Waals surface area contributed by atoms with E-state index in [1.54, 1.807) is 6.20 Å². The fourth-order valence-corrected chi connectivity index (χ4v) is 5.05. The van der Waals surface area contributed by atoms with Gasteiger partial charge < -0.3 is 24.8 Å². The number of halogens is 2. The van der Waals surface area contributed by atoms with E-state index in [1.165, 1.54) is 14.0 Å². The number of hydrogen-bond acceptors (Lipinski definition) is 5. The van der Waals surface area contributed by atoms with E-state index in [9.17, 15) is 13.6 Å². The molecule has 222 valence electrons. The Hall–Kier alpha value is -3.89. The number of aromatic nitrogens is 4. The Bertz CT molecular complexity index is 1490. The Kier molecular flexibility index (Phi) is 8.56. The van der Waals surface area contributed by atoms with Gasteiger partial charge in [-0.1, -0.05) is 55.5 Å². The molecular formula is C32H37F2N5O3. The predicted molar refractivity (Wildman–Crippen MR) is 157 cm³/mol. The number of carbonyl (C=O) groups is 1. The van der Waals surface area contributed by atoms with E-state index in [2.05, 4.69) is 68.6 Å². The number of rotatable bonds is 10. The maximum atomic E-state index is 13.6. The van der Waals surface area contributed by atoms with Gasteiger partial charge in [0, 0.05) is 20.0 Å². The van der Waals surface area contributed by atoms with Crippen molar-refractivity contribution in [1.29, 1.82) is 0 Å². The number of amides is 1. The number of H-pyrrole nitrogens is 2. The lowest BCUT2D eigenvalue weighted by Gasteiger charge is -2.37. The summed E-state index contributed by atoms with van der Waals surface area (Å²) < 4.78 is 38.1. The molecule has 0 saturated carbocycles. The molecule has 0 bridgehead atoms. The number of aromatic amines is 2. The molecule has 8 nitrogen and oxygen atoms in total. The largest absolute Gasteiger partial charge is 0.379 e. The first-order chi connectivity index (χ1) is 20.1. The van der Waals surface area contributed by atoms with E-state index >= 15 is 0 Å². The molecule has 1 aliphatic rings. The molecule has 1 fully saturated rings. The summed E-state index contributed by atoms with van der Waals surface area (Å²) in [6.07, 6.45) is 4.64. The Morgan fingerprint density at radius 2 is 1.55 bits per heavy atom. The molecule has 1 amide bonds. The highest BCUT2D eigenvalue weighted by atomic mass is 19.3. The first-order valence-electron chi connectivity index (χ1n) is 14.3. The second-order valence-corrected chi connectivity index (χ2v) is 11.1. The highest BCUT2D eigenvalue weighted by Gasteiger charge is 2.46. The maximum absolute atomic E-state index is 13.6. The third kappa shape index (κ3) is 6.44. The molecule has 4 aromatic rings. The fourth-order valence-electron chi connectivity index (χ4n) is 5.05. The van der Waals surface area contributed by atoms with Crippen LogP contribution in [0.15, 0.2) is 60.9 Å². The van der Waals surface area contributed by atoms with Crippen molar-refractivity contribution in [3.8, 4) is 33.6 Å². The number of methoxy groups -OCH3 is 1. The molecule has 2 aromatic heterocycles. The summed E-state index contributed by atoms with van der Waals surface area (Å²) in [5.74, 6) is -1.90. The van der Waals surface area contributed by atoms with Crippen LogP contribution in [0.1, 0.15) is 57.7 Å². The minimum absolute atomic E-state index is 0.0819. The number of benzene rings is 2. The summed E-state index contributed by atoms with van der Waals surface area (Å²) >= 11 is 0. The predicted octanol–water partition coefficient (Wildman–Crippen LogP) is 6.48. The van der Waals surface area contributed by atoms with Crippen molar-refractivity contribution < 1.29 is 23.0 Å². The number of hydrogen-bond donors (Lipinski definition) is 3. The molecule has 3 unspecified atom stereocenters. The number of nitrogens with one attached hydrogen (secondary N) is 3. The summed E-state index contributed by atoms with van der Waals surface area (Å²) in [5, 5.41) is 2.91. The number of ether oxygens (including phenoxy) is 2. The van der Waals surface area contributed by atoms with Gasteiger partial charge in [-0.05, 0) is 48.9 Å². The van der Waals surface area contributed by atoms with Crippen molar-refractivity contribution in [3.63, 3.8) is 0 Å². The molecule has 0 radical (unpaired) electrons. The van der Waals surface area contributed by atoms with Crippen LogP contribution in [0.5, 0.6) is 0 Å². The van der Waals surface area contributed by atoms with Gasteiger partial charge in [0.05, 0.1) is 29.9 Å². The minimum Gasteiger partial charge on any atom is -0.379 e. The number of aryl methyl sites for hydroxylation is 1. The van der Waals surface area contributed by atoms with Gasteiger partial charge in [0.2, 0.25) is 0 Å². The zero-order valence-corrected chi connectivity index (χ0v) is 24.3. The van der Waals surface area contributed by atoms with Crippen LogP contribution in [0.3, 0.4) is 0 Å². The molecule has 5 rings (SSSR count). The minimum atomic E-state index is -2.92. The van der Waals surface area contributed by atoms with Gasteiger partial charge in [0.15, 0.2) is 0 Å². The highest BCUT2D eigenvalue weighted by molar-refractivity contribution is 5.85. The average molecular weight is 578 g/mol. The van der Waals surface area contributed by atoms with Crippen molar-refractivity contribution in [2.75, 3.05) is 13.7 Å². The summed E-state index contributed by atoms with van der Waals surface area (Å²) in [5.41, 5.74) is 4.61. The van der Waals surface area contributed by atoms with Crippen LogP contribution in [0.2, 0.25) is 0 Å². The summed E-state index contributed by atoms with van der Waals surface area (Å²) in [6.45, 7) is 4.70. The second kappa shape index (κ2) is 12.1. The number of imidazole rings is 2. The van der Waals surface area contributed by atoms with E-state index in [0.717, 1.165) is 52.3 Å². The topological polar surface area (TPSA) is 105 Å². The van der Waals surface area contributed by atoms with Gasteiger partial charge in [0.25, 0.3) is 11.8 Å². The smallest absolute Gasteiger partial charge is 0.271 e. The summed E-state index contributed by atoms with van der Waals surface area (Å²) in [7, 11) is 1.54. The quantitative estimate of drug-likeness (QED) is 0.200. The van der Waals surface area contributed by atoms with Crippen LogP contribution < -0.4 is 5.32 Å².